The van der Waals surface area contributed by atoms with Crippen LogP contribution in [-0.4, -0.2) is 37.2 Å². The molecule has 2 aliphatic rings. The Kier molecular flexibility index (Phi) is 4.38. The number of aromatic nitrogens is 4. The summed E-state index contributed by atoms with van der Waals surface area (Å²) in [6.45, 7) is 0. The summed E-state index contributed by atoms with van der Waals surface area (Å²) in [6, 6.07) is 2.26. The molecule has 2 fully saturated rings. The normalized spacial score (nSPS) is 23.9. The topological polar surface area (TPSA) is 83.8 Å². The SMILES string of the molecule is OC1CCC(Nc2nccc(-c3cncnc3CC3CC3)n2)CC1. The first-order valence-electron chi connectivity index (χ1n) is 8.85. The van der Waals surface area contributed by atoms with Crippen molar-refractivity contribution < 1.29 is 5.11 Å². The quantitative estimate of drug-likeness (QED) is 0.879. The van der Waals surface area contributed by atoms with Gasteiger partial charge in [-0.2, -0.15) is 0 Å². The molecule has 2 saturated carbocycles. The van der Waals surface area contributed by atoms with Crippen LogP contribution in [-0.2, 0) is 6.42 Å². The molecule has 6 nitrogen and oxygen atoms in total. The lowest BCUT2D eigenvalue weighted by molar-refractivity contribution is 0.126. The second-order valence-electron chi connectivity index (χ2n) is 6.95. The van der Waals surface area contributed by atoms with Crippen LogP contribution >= 0.6 is 0 Å². The lowest BCUT2D eigenvalue weighted by Gasteiger charge is -2.26. The molecule has 2 heterocycles. The van der Waals surface area contributed by atoms with Gasteiger partial charge in [-0.05, 0) is 56.9 Å². The van der Waals surface area contributed by atoms with E-state index in [-0.39, 0.29) is 6.10 Å². The van der Waals surface area contributed by atoms with Gasteiger partial charge in [0.25, 0.3) is 0 Å². The van der Waals surface area contributed by atoms with Gasteiger partial charge < -0.3 is 10.4 Å². The molecule has 0 radical (unpaired) electrons. The lowest BCUT2D eigenvalue weighted by atomic mass is 9.93. The van der Waals surface area contributed by atoms with Crippen LogP contribution in [0.5, 0.6) is 0 Å². The maximum absolute atomic E-state index is 9.62. The Hall–Kier alpha value is -2.08. The number of nitrogens with zero attached hydrogens (tertiary/aromatic N) is 4. The van der Waals surface area contributed by atoms with Crippen molar-refractivity contribution in [3.8, 4) is 11.3 Å². The first kappa shape index (κ1) is 15.4. The zero-order chi connectivity index (χ0) is 16.4. The van der Waals surface area contributed by atoms with Crippen LogP contribution in [0.2, 0.25) is 0 Å². The van der Waals surface area contributed by atoms with E-state index >= 15 is 0 Å². The zero-order valence-electron chi connectivity index (χ0n) is 13.7. The molecule has 2 aliphatic carbocycles. The summed E-state index contributed by atoms with van der Waals surface area (Å²) in [6.07, 6.45) is 12.3. The number of nitrogens with one attached hydrogen (secondary N) is 1. The number of rotatable bonds is 5. The number of hydrogen-bond donors (Lipinski definition) is 2. The van der Waals surface area contributed by atoms with E-state index < -0.39 is 0 Å². The first-order chi connectivity index (χ1) is 11.8. The molecule has 0 aromatic carbocycles. The molecule has 24 heavy (non-hydrogen) atoms. The zero-order valence-corrected chi connectivity index (χ0v) is 13.7. The van der Waals surface area contributed by atoms with E-state index in [1.54, 1.807) is 12.5 Å². The highest BCUT2D eigenvalue weighted by Crippen LogP contribution is 2.34. The fourth-order valence-electron chi connectivity index (χ4n) is 3.31. The smallest absolute Gasteiger partial charge is 0.223 e. The van der Waals surface area contributed by atoms with Gasteiger partial charge in [0.15, 0.2) is 0 Å². The minimum Gasteiger partial charge on any atom is -0.393 e. The predicted molar refractivity (Wildman–Crippen MR) is 91.4 cm³/mol. The molecule has 2 N–H and O–H groups in total. The third-order valence-corrected chi connectivity index (χ3v) is 4.94. The van der Waals surface area contributed by atoms with Gasteiger partial charge in [0.2, 0.25) is 5.95 Å². The van der Waals surface area contributed by atoms with Crippen molar-refractivity contribution >= 4 is 5.95 Å². The Morgan fingerprint density at radius 2 is 1.92 bits per heavy atom. The van der Waals surface area contributed by atoms with Crippen LogP contribution < -0.4 is 5.32 Å². The maximum atomic E-state index is 9.62. The van der Waals surface area contributed by atoms with E-state index in [9.17, 15) is 5.11 Å². The van der Waals surface area contributed by atoms with E-state index in [2.05, 4.69) is 25.3 Å². The fourth-order valence-corrected chi connectivity index (χ4v) is 3.31. The molecule has 6 heteroatoms. The van der Waals surface area contributed by atoms with Crippen molar-refractivity contribution in [2.45, 2.75) is 57.1 Å². The number of aliphatic hydroxyl groups excluding tert-OH is 1. The third kappa shape index (κ3) is 3.70. The van der Waals surface area contributed by atoms with Gasteiger partial charge in [-0.25, -0.2) is 19.9 Å². The van der Waals surface area contributed by atoms with Crippen LogP contribution in [0.15, 0.2) is 24.8 Å². The van der Waals surface area contributed by atoms with Crippen LogP contribution in [0.1, 0.15) is 44.2 Å². The lowest BCUT2D eigenvalue weighted by Crippen LogP contribution is -2.28. The van der Waals surface area contributed by atoms with Crippen LogP contribution in [0, 0.1) is 5.92 Å². The number of aliphatic hydroxyl groups is 1. The largest absolute Gasteiger partial charge is 0.393 e. The van der Waals surface area contributed by atoms with Gasteiger partial charge in [0.05, 0.1) is 17.5 Å². The standard InChI is InChI=1S/C18H23N5O/c24-14-5-3-13(4-6-14)22-18-20-8-7-16(23-18)15-10-19-11-21-17(15)9-12-1-2-12/h7-8,10-14,24H,1-6,9H2,(H,20,22,23). The molecule has 0 spiro atoms. The molecule has 126 valence electrons. The van der Waals surface area contributed by atoms with E-state index in [1.807, 2.05) is 12.3 Å². The minimum absolute atomic E-state index is 0.151. The molecule has 0 bridgehead atoms. The monoisotopic (exact) mass is 325 g/mol. The van der Waals surface area contributed by atoms with Crippen LogP contribution in [0.4, 0.5) is 5.95 Å². The molecule has 0 aliphatic heterocycles. The molecule has 0 amide bonds. The predicted octanol–water partition coefficient (Wildman–Crippen LogP) is 2.60. The molecule has 2 aromatic rings. The van der Waals surface area contributed by atoms with Gasteiger partial charge in [-0.15, -0.1) is 0 Å². The Labute approximate surface area is 141 Å². The summed E-state index contributed by atoms with van der Waals surface area (Å²) in [7, 11) is 0. The van der Waals surface area contributed by atoms with Gasteiger partial charge in [-0.3, -0.25) is 0 Å². The van der Waals surface area contributed by atoms with Gasteiger partial charge in [-0.1, -0.05) is 0 Å². The molecule has 0 atom stereocenters. The highest BCUT2D eigenvalue weighted by Gasteiger charge is 2.24. The summed E-state index contributed by atoms with van der Waals surface area (Å²) in [5.41, 5.74) is 2.96. The summed E-state index contributed by atoms with van der Waals surface area (Å²) < 4.78 is 0. The Morgan fingerprint density at radius 1 is 1.08 bits per heavy atom. The van der Waals surface area contributed by atoms with E-state index in [0.717, 1.165) is 55.0 Å². The molecule has 4 rings (SSSR count). The van der Waals surface area contributed by atoms with Crippen molar-refractivity contribution in [1.29, 1.82) is 0 Å². The molecule has 0 saturated heterocycles. The molecular weight excluding hydrogens is 302 g/mol. The molecule has 0 unspecified atom stereocenters. The first-order valence-corrected chi connectivity index (χ1v) is 8.85. The average molecular weight is 325 g/mol. The highest BCUT2D eigenvalue weighted by atomic mass is 16.3. The van der Waals surface area contributed by atoms with Gasteiger partial charge in [0.1, 0.15) is 6.33 Å². The van der Waals surface area contributed by atoms with Crippen LogP contribution in [0.3, 0.4) is 0 Å². The van der Waals surface area contributed by atoms with Gasteiger partial charge in [0, 0.05) is 24.0 Å². The van der Waals surface area contributed by atoms with Gasteiger partial charge >= 0.3 is 0 Å². The molecule has 2 aromatic heterocycles. The second kappa shape index (κ2) is 6.81. The van der Waals surface area contributed by atoms with E-state index in [0.29, 0.717) is 12.0 Å². The van der Waals surface area contributed by atoms with Crippen molar-refractivity contribution in [2.24, 2.45) is 5.92 Å². The minimum atomic E-state index is -0.151. The van der Waals surface area contributed by atoms with Crippen molar-refractivity contribution in [3.63, 3.8) is 0 Å². The Bertz CT molecular complexity index is 695. The van der Waals surface area contributed by atoms with Crippen molar-refractivity contribution in [1.82, 2.24) is 19.9 Å². The van der Waals surface area contributed by atoms with Crippen molar-refractivity contribution in [2.75, 3.05) is 5.32 Å². The fraction of sp³-hybridized carbons (Fsp3) is 0.556. The maximum Gasteiger partial charge on any atom is 0.223 e. The van der Waals surface area contributed by atoms with E-state index in [1.165, 1.54) is 12.8 Å². The van der Waals surface area contributed by atoms with E-state index in [4.69, 9.17) is 0 Å². The Balaban J connectivity index is 1.52. The summed E-state index contributed by atoms with van der Waals surface area (Å²) in [5, 5.41) is 13.0. The van der Waals surface area contributed by atoms with Crippen LogP contribution in [0.25, 0.3) is 11.3 Å². The number of anilines is 1. The molecular formula is C18H23N5O. The Morgan fingerprint density at radius 3 is 2.71 bits per heavy atom. The summed E-state index contributed by atoms with van der Waals surface area (Å²) >= 11 is 0. The number of hydrogen-bond acceptors (Lipinski definition) is 6. The van der Waals surface area contributed by atoms with Crippen molar-refractivity contribution in [3.05, 3.63) is 30.5 Å². The summed E-state index contributed by atoms with van der Waals surface area (Å²) in [4.78, 5) is 17.7. The average Bonchev–Trinajstić information content (AvgIpc) is 3.42. The second-order valence-corrected chi connectivity index (χ2v) is 6.95. The summed E-state index contributed by atoms with van der Waals surface area (Å²) in [5.74, 6) is 1.42. The highest BCUT2D eigenvalue weighted by molar-refractivity contribution is 5.61. The third-order valence-electron chi connectivity index (χ3n) is 4.94.